The van der Waals surface area contributed by atoms with Gasteiger partial charge in [0.05, 0.1) is 32.0 Å². The molecule has 6 atom stereocenters. The van der Waals surface area contributed by atoms with E-state index in [1.54, 1.807) is 0 Å². The topological polar surface area (TPSA) is 63.2 Å². The summed E-state index contributed by atoms with van der Waals surface area (Å²) in [6, 6.07) is 10.2. The number of carbonyl (C=O) groups is 1. The average Bonchev–Trinajstić information content (AvgIpc) is 2.74. The molecular weight excluding hydrogens is 448 g/mol. The lowest BCUT2D eigenvalue weighted by molar-refractivity contribution is -0.370. The summed E-state index contributed by atoms with van der Waals surface area (Å²) in [5.41, 5.74) is 1.13. The molecule has 2 aliphatic rings. The number of benzene rings is 1. The molecule has 2 saturated heterocycles. The van der Waals surface area contributed by atoms with Crippen molar-refractivity contribution in [2.45, 2.75) is 103 Å². The largest absolute Gasteiger partial charge is 0.462 e. The zero-order chi connectivity index (χ0) is 25.1. The van der Waals surface area contributed by atoms with E-state index < -0.39 is 14.1 Å². The SMILES string of the molecule is CC(=O)O[C@@H]1CCO[C@@]2(O[C@@H](COCc3ccccc3)C[C@@H](O[Si](C)(C)C(C)(C)C)[C@@H]2C)[C@@H]1C. The van der Waals surface area contributed by atoms with Crippen molar-refractivity contribution < 1.29 is 28.2 Å². The van der Waals surface area contributed by atoms with E-state index in [-0.39, 0.29) is 41.2 Å². The van der Waals surface area contributed by atoms with Crippen molar-refractivity contribution in [1.82, 2.24) is 0 Å². The van der Waals surface area contributed by atoms with Crippen LogP contribution in [0.3, 0.4) is 0 Å². The standard InChI is InChI=1S/C27H44O6Si/c1-19-24(31-21(3)28)14-15-30-27(19)20(2)25(33-34(7,8)26(4,5)6)16-23(32-27)18-29-17-22-12-10-9-11-13-22/h9-13,19-20,23-25H,14-18H2,1-8H3/t19-,20+,23-,24-,25-,27-/m1/s1. The van der Waals surface area contributed by atoms with Crippen LogP contribution in [0.2, 0.25) is 18.1 Å². The molecule has 0 aliphatic carbocycles. The molecule has 2 aliphatic heterocycles. The zero-order valence-electron chi connectivity index (χ0n) is 22.3. The minimum Gasteiger partial charge on any atom is -0.462 e. The molecule has 6 nitrogen and oxygen atoms in total. The molecular formula is C27H44O6Si. The fourth-order valence-corrected chi connectivity index (χ4v) is 6.28. The fraction of sp³-hybridized carbons (Fsp3) is 0.741. The van der Waals surface area contributed by atoms with E-state index in [9.17, 15) is 4.79 Å². The summed E-state index contributed by atoms with van der Waals surface area (Å²) in [6.07, 6.45) is 0.970. The second kappa shape index (κ2) is 10.8. The maximum atomic E-state index is 11.8. The molecule has 192 valence electrons. The Kier molecular flexibility index (Phi) is 8.67. The van der Waals surface area contributed by atoms with E-state index in [1.165, 1.54) is 6.92 Å². The summed E-state index contributed by atoms with van der Waals surface area (Å²) in [6.45, 7) is 18.5. The highest BCUT2D eigenvalue weighted by Crippen LogP contribution is 2.48. The molecule has 7 heteroatoms. The fourth-order valence-electron chi connectivity index (χ4n) is 4.86. The van der Waals surface area contributed by atoms with Crippen molar-refractivity contribution in [2.24, 2.45) is 11.8 Å². The van der Waals surface area contributed by atoms with Gasteiger partial charge < -0.3 is 23.4 Å². The van der Waals surface area contributed by atoms with Gasteiger partial charge in [-0.05, 0) is 23.7 Å². The lowest BCUT2D eigenvalue weighted by atomic mass is 9.76. The highest BCUT2D eigenvalue weighted by molar-refractivity contribution is 6.74. The minimum atomic E-state index is -2.03. The van der Waals surface area contributed by atoms with Gasteiger partial charge in [-0.25, -0.2) is 0 Å². The zero-order valence-corrected chi connectivity index (χ0v) is 23.3. The molecule has 0 aromatic heterocycles. The van der Waals surface area contributed by atoms with Crippen molar-refractivity contribution in [3.05, 3.63) is 35.9 Å². The Morgan fingerprint density at radius 3 is 2.38 bits per heavy atom. The first kappa shape index (κ1) is 27.3. The first-order valence-electron chi connectivity index (χ1n) is 12.6. The van der Waals surface area contributed by atoms with Crippen LogP contribution < -0.4 is 0 Å². The van der Waals surface area contributed by atoms with Gasteiger partial charge >= 0.3 is 5.97 Å². The molecule has 0 bridgehead atoms. The van der Waals surface area contributed by atoms with Crippen molar-refractivity contribution in [2.75, 3.05) is 13.2 Å². The second-order valence-electron chi connectivity index (χ2n) is 11.5. The van der Waals surface area contributed by atoms with Crippen molar-refractivity contribution in [3.8, 4) is 0 Å². The van der Waals surface area contributed by atoms with Crippen molar-refractivity contribution >= 4 is 14.3 Å². The van der Waals surface area contributed by atoms with Crippen LogP contribution in [0.15, 0.2) is 30.3 Å². The van der Waals surface area contributed by atoms with Crippen LogP contribution in [-0.4, -0.2) is 51.6 Å². The van der Waals surface area contributed by atoms with Crippen LogP contribution in [0.1, 0.15) is 59.9 Å². The Bertz CT molecular complexity index is 807. The van der Waals surface area contributed by atoms with Gasteiger partial charge in [-0.1, -0.05) is 65.0 Å². The smallest absolute Gasteiger partial charge is 0.302 e. The first-order chi connectivity index (χ1) is 15.9. The third kappa shape index (κ3) is 6.11. The Labute approximate surface area is 206 Å². The van der Waals surface area contributed by atoms with E-state index in [0.29, 0.717) is 26.2 Å². The van der Waals surface area contributed by atoms with Gasteiger partial charge in [0.25, 0.3) is 0 Å². The maximum absolute atomic E-state index is 11.8. The van der Waals surface area contributed by atoms with Crippen molar-refractivity contribution in [3.63, 3.8) is 0 Å². The lowest BCUT2D eigenvalue weighted by Crippen LogP contribution is -2.65. The molecule has 1 aromatic rings. The van der Waals surface area contributed by atoms with E-state index in [0.717, 1.165) is 12.0 Å². The monoisotopic (exact) mass is 492 g/mol. The molecule has 34 heavy (non-hydrogen) atoms. The third-order valence-electron chi connectivity index (χ3n) is 7.95. The summed E-state index contributed by atoms with van der Waals surface area (Å²) in [7, 11) is -2.03. The number of ether oxygens (including phenoxy) is 4. The second-order valence-corrected chi connectivity index (χ2v) is 16.2. The molecule has 0 unspecified atom stereocenters. The molecule has 0 saturated carbocycles. The van der Waals surface area contributed by atoms with Crippen molar-refractivity contribution in [1.29, 1.82) is 0 Å². The third-order valence-corrected chi connectivity index (χ3v) is 12.4. The van der Waals surface area contributed by atoms with Gasteiger partial charge in [0, 0.05) is 31.6 Å². The highest BCUT2D eigenvalue weighted by atomic mass is 28.4. The summed E-state index contributed by atoms with van der Waals surface area (Å²) in [5, 5.41) is 0.0941. The van der Waals surface area contributed by atoms with Crippen LogP contribution in [0.4, 0.5) is 0 Å². The highest BCUT2D eigenvalue weighted by Gasteiger charge is 2.58. The Morgan fingerprint density at radius 2 is 1.76 bits per heavy atom. The molecule has 3 rings (SSSR count). The lowest BCUT2D eigenvalue weighted by Gasteiger charge is -2.56. The summed E-state index contributed by atoms with van der Waals surface area (Å²) >= 11 is 0. The minimum absolute atomic E-state index is 0.0136. The van der Waals surface area contributed by atoms with E-state index in [2.05, 4.69) is 59.8 Å². The predicted octanol–water partition coefficient (Wildman–Crippen LogP) is 5.70. The van der Waals surface area contributed by atoms with Gasteiger partial charge in [0.2, 0.25) is 0 Å². The summed E-state index contributed by atoms with van der Waals surface area (Å²) in [5.74, 6) is -1.29. The Morgan fingerprint density at radius 1 is 1.12 bits per heavy atom. The molecule has 0 radical (unpaired) electrons. The van der Waals surface area contributed by atoms with Crippen LogP contribution in [-0.2, 0) is 34.8 Å². The molecule has 1 aromatic carbocycles. The molecule has 0 N–H and O–H groups in total. The van der Waals surface area contributed by atoms with Gasteiger partial charge in [0.15, 0.2) is 14.1 Å². The van der Waals surface area contributed by atoms with Crippen LogP contribution in [0.5, 0.6) is 0 Å². The predicted molar refractivity (Wildman–Crippen MR) is 135 cm³/mol. The maximum Gasteiger partial charge on any atom is 0.302 e. The molecule has 2 heterocycles. The first-order valence-corrected chi connectivity index (χ1v) is 15.5. The molecule has 1 spiro atoms. The van der Waals surface area contributed by atoms with Gasteiger partial charge in [-0.3, -0.25) is 4.79 Å². The molecule has 0 amide bonds. The summed E-state index contributed by atoms with van der Waals surface area (Å²) < 4.78 is 31.9. The number of esters is 1. The van der Waals surface area contributed by atoms with Gasteiger partial charge in [-0.2, -0.15) is 0 Å². The summed E-state index contributed by atoms with van der Waals surface area (Å²) in [4.78, 5) is 11.8. The number of hydrogen-bond acceptors (Lipinski definition) is 6. The van der Waals surface area contributed by atoms with Gasteiger partial charge in [-0.15, -0.1) is 0 Å². The van der Waals surface area contributed by atoms with Gasteiger partial charge in [0.1, 0.15) is 6.10 Å². The van der Waals surface area contributed by atoms with E-state index in [4.69, 9.17) is 23.4 Å². The van der Waals surface area contributed by atoms with Crippen LogP contribution >= 0.6 is 0 Å². The van der Waals surface area contributed by atoms with E-state index >= 15 is 0 Å². The number of hydrogen-bond donors (Lipinski definition) is 0. The average molecular weight is 493 g/mol. The normalized spacial score (nSPS) is 32.5. The van der Waals surface area contributed by atoms with Crippen LogP contribution in [0, 0.1) is 11.8 Å². The number of carbonyl (C=O) groups excluding carboxylic acids is 1. The Hall–Kier alpha value is -1.25. The quantitative estimate of drug-likeness (QED) is 0.359. The number of rotatable bonds is 7. The molecule has 2 fully saturated rings. The van der Waals surface area contributed by atoms with Crippen LogP contribution in [0.25, 0.3) is 0 Å². The van der Waals surface area contributed by atoms with E-state index in [1.807, 2.05) is 18.2 Å². The Balaban J connectivity index is 1.82.